The van der Waals surface area contributed by atoms with E-state index in [-0.39, 0.29) is 18.1 Å². The molecule has 0 aliphatic carbocycles. The number of amides is 1. The molecular weight excluding hydrogens is 325 g/mol. The van der Waals surface area contributed by atoms with E-state index in [0.717, 1.165) is 5.56 Å². The summed E-state index contributed by atoms with van der Waals surface area (Å²) in [5.41, 5.74) is 1.16. The minimum atomic E-state index is -0.653. The van der Waals surface area contributed by atoms with Crippen molar-refractivity contribution >= 4 is 35.1 Å². The molecule has 6 heteroatoms. The topological polar surface area (TPSA) is 55.4 Å². The molecule has 2 aromatic carbocycles. The lowest BCUT2D eigenvalue weighted by molar-refractivity contribution is -0.124. The van der Waals surface area contributed by atoms with Crippen LogP contribution in [0.5, 0.6) is 0 Å². The van der Waals surface area contributed by atoms with Crippen LogP contribution in [0.25, 0.3) is 0 Å². The van der Waals surface area contributed by atoms with Gasteiger partial charge in [0.15, 0.2) is 6.61 Å². The van der Waals surface area contributed by atoms with Crippen LogP contribution in [0.2, 0.25) is 10.0 Å². The van der Waals surface area contributed by atoms with Gasteiger partial charge >= 0.3 is 5.97 Å². The molecule has 1 N–H and O–H groups in total. The number of hydrogen-bond acceptors (Lipinski definition) is 3. The maximum absolute atomic E-state index is 11.8. The zero-order chi connectivity index (χ0) is 15.9. The molecule has 2 rings (SSSR count). The molecule has 22 heavy (non-hydrogen) atoms. The van der Waals surface area contributed by atoms with E-state index < -0.39 is 5.97 Å². The summed E-state index contributed by atoms with van der Waals surface area (Å²) in [5.74, 6) is -1.04. The second kappa shape index (κ2) is 7.82. The average molecular weight is 338 g/mol. The fraction of sp³-hybridized carbons (Fsp3) is 0.125. The summed E-state index contributed by atoms with van der Waals surface area (Å²) in [6, 6.07) is 13.8. The van der Waals surface area contributed by atoms with Gasteiger partial charge in [0.05, 0.1) is 5.56 Å². The predicted molar refractivity (Wildman–Crippen MR) is 85.0 cm³/mol. The molecule has 0 saturated carbocycles. The minimum absolute atomic E-state index is 0.202. The van der Waals surface area contributed by atoms with E-state index >= 15 is 0 Å². The van der Waals surface area contributed by atoms with Crippen molar-refractivity contribution in [3.8, 4) is 0 Å². The molecule has 0 unspecified atom stereocenters. The van der Waals surface area contributed by atoms with Crippen molar-refractivity contribution in [2.45, 2.75) is 6.54 Å². The van der Waals surface area contributed by atoms with Crippen LogP contribution < -0.4 is 5.32 Å². The van der Waals surface area contributed by atoms with E-state index in [9.17, 15) is 9.59 Å². The van der Waals surface area contributed by atoms with Crippen molar-refractivity contribution in [2.24, 2.45) is 0 Å². The second-order valence-corrected chi connectivity index (χ2v) is 5.37. The van der Waals surface area contributed by atoms with Crippen molar-refractivity contribution in [1.29, 1.82) is 0 Å². The molecule has 0 fully saturated rings. The minimum Gasteiger partial charge on any atom is -0.452 e. The SMILES string of the molecule is O=C(COC(=O)c1cc(Cl)cc(Cl)c1)NCc1ccccc1. The van der Waals surface area contributed by atoms with Crippen LogP contribution in [0.3, 0.4) is 0 Å². The molecule has 2 aromatic rings. The largest absolute Gasteiger partial charge is 0.452 e. The Hall–Kier alpha value is -2.04. The van der Waals surface area contributed by atoms with Crippen molar-refractivity contribution in [1.82, 2.24) is 5.32 Å². The lowest BCUT2D eigenvalue weighted by atomic mass is 10.2. The van der Waals surface area contributed by atoms with E-state index in [0.29, 0.717) is 16.6 Å². The molecule has 0 heterocycles. The van der Waals surface area contributed by atoms with E-state index in [1.165, 1.54) is 18.2 Å². The summed E-state index contributed by atoms with van der Waals surface area (Å²) in [4.78, 5) is 23.5. The molecule has 0 aliphatic heterocycles. The molecule has 0 radical (unpaired) electrons. The van der Waals surface area contributed by atoms with Gasteiger partial charge in [-0.1, -0.05) is 53.5 Å². The number of hydrogen-bond donors (Lipinski definition) is 1. The van der Waals surface area contributed by atoms with E-state index in [1.54, 1.807) is 0 Å². The number of carbonyl (C=O) groups excluding carboxylic acids is 2. The Morgan fingerprint density at radius 2 is 1.64 bits per heavy atom. The van der Waals surface area contributed by atoms with Crippen LogP contribution in [0.15, 0.2) is 48.5 Å². The first-order chi connectivity index (χ1) is 10.5. The molecular formula is C16H13Cl2NO3. The fourth-order valence-electron chi connectivity index (χ4n) is 1.73. The van der Waals surface area contributed by atoms with Gasteiger partial charge in [-0.15, -0.1) is 0 Å². The van der Waals surface area contributed by atoms with Gasteiger partial charge in [0, 0.05) is 16.6 Å². The summed E-state index contributed by atoms with van der Waals surface area (Å²) in [5, 5.41) is 3.31. The molecule has 4 nitrogen and oxygen atoms in total. The van der Waals surface area contributed by atoms with Crippen molar-refractivity contribution in [2.75, 3.05) is 6.61 Å². The first kappa shape index (κ1) is 16.3. The van der Waals surface area contributed by atoms with E-state index in [4.69, 9.17) is 27.9 Å². The number of carbonyl (C=O) groups is 2. The lowest BCUT2D eigenvalue weighted by Gasteiger charge is -2.07. The van der Waals surface area contributed by atoms with Gasteiger partial charge in [0.25, 0.3) is 5.91 Å². The standard InChI is InChI=1S/C16H13Cl2NO3/c17-13-6-12(7-14(18)8-13)16(21)22-10-15(20)19-9-11-4-2-1-3-5-11/h1-8H,9-10H2,(H,19,20). The van der Waals surface area contributed by atoms with Gasteiger partial charge in [-0.2, -0.15) is 0 Å². The highest BCUT2D eigenvalue weighted by Gasteiger charge is 2.11. The number of rotatable bonds is 5. The maximum atomic E-state index is 11.8. The highest BCUT2D eigenvalue weighted by Crippen LogP contribution is 2.19. The zero-order valence-corrected chi connectivity index (χ0v) is 13.0. The Balaban J connectivity index is 1.81. The molecule has 0 atom stereocenters. The van der Waals surface area contributed by atoms with Gasteiger partial charge in [-0.05, 0) is 23.8 Å². The molecule has 0 aromatic heterocycles. The van der Waals surface area contributed by atoms with Gasteiger partial charge in [0.2, 0.25) is 0 Å². The third-order valence-electron chi connectivity index (χ3n) is 2.77. The Labute approximate surface area is 138 Å². The molecule has 114 valence electrons. The van der Waals surface area contributed by atoms with Crippen LogP contribution in [0.1, 0.15) is 15.9 Å². The Morgan fingerprint density at radius 3 is 2.27 bits per heavy atom. The summed E-state index contributed by atoms with van der Waals surface area (Å²) in [6.07, 6.45) is 0. The zero-order valence-electron chi connectivity index (χ0n) is 11.5. The highest BCUT2D eigenvalue weighted by molar-refractivity contribution is 6.35. The summed E-state index contributed by atoms with van der Waals surface area (Å²) in [7, 11) is 0. The van der Waals surface area contributed by atoms with E-state index in [2.05, 4.69) is 5.32 Å². The Bertz CT molecular complexity index is 654. The number of ether oxygens (including phenoxy) is 1. The van der Waals surface area contributed by atoms with E-state index in [1.807, 2.05) is 30.3 Å². The number of esters is 1. The number of benzene rings is 2. The number of nitrogens with one attached hydrogen (secondary N) is 1. The smallest absolute Gasteiger partial charge is 0.338 e. The predicted octanol–water partition coefficient (Wildman–Crippen LogP) is 3.47. The summed E-state index contributed by atoms with van der Waals surface area (Å²) >= 11 is 11.6. The highest BCUT2D eigenvalue weighted by atomic mass is 35.5. The average Bonchev–Trinajstić information content (AvgIpc) is 2.50. The first-order valence-corrected chi connectivity index (χ1v) is 7.24. The molecule has 0 aliphatic rings. The van der Waals surface area contributed by atoms with Gasteiger partial charge in [-0.3, -0.25) is 4.79 Å². The van der Waals surface area contributed by atoms with Crippen molar-refractivity contribution in [3.05, 3.63) is 69.7 Å². The monoisotopic (exact) mass is 337 g/mol. The molecule has 0 bridgehead atoms. The Morgan fingerprint density at radius 1 is 1.00 bits per heavy atom. The third-order valence-corrected chi connectivity index (χ3v) is 3.20. The van der Waals surface area contributed by atoms with Crippen LogP contribution in [-0.2, 0) is 16.1 Å². The van der Waals surface area contributed by atoms with Crippen LogP contribution in [0, 0.1) is 0 Å². The van der Waals surface area contributed by atoms with Gasteiger partial charge in [0.1, 0.15) is 0 Å². The quantitative estimate of drug-likeness (QED) is 0.850. The van der Waals surface area contributed by atoms with Crippen molar-refractivity contribution in [3.63, 3.8) is 0 Å². The normalized spacial score (nSPS) is 10.1. The first-order valence-electron chi connectivity index (χ1n) is 6.48. The van der Waals surface area contributed by atoms with Crippen LogP contribution >= 0.6 is 23.2 Å². The van der Waals surface area contributed by atoms with Crippen LogP contribution in [-0.4, -0.2) is 18.5 Å². The van der Waals surface area contributed by atoms with Crippen molar-refractivity contribution < 1.29 is 14.3 Å². The maximum Gasteiger partial charge on any atom is 0.338 e. The third kappa shape index (κ3) is 5.06. The summed E-state index contributed by atoms with van der Waals surface area (Å²) < 4.78 is 4.92. The molecule has 1 amide bonds. The summed E-state index contributed by atoms with van der Waals surface area (Å²) in [6.45, 7) is 0.00994. The lowest BCUT2D eigenvalue weighted by Crippen LogP contribution is -2.28. The number of halogens is 2. The second-order valence-electron chi connectivity index (χ2n) is 4.50. The van der Waals surface area contributed by atoms with Gasteiger partial charge in [-0.25, -0.2) is 4.79 Å². The molecule has 0 spiro atoms. The van der Waals surface area contributed by atoms with Gasteiger partial charge < -0.3 is 10.1 Å². The molecule has 0 saturated heterocycles. The van der Waals surface area contributed by atoms with Crippen LogP contribution in [0.4, 0.5) is 0 Å². The fourth-order valence-corrected chi connectivity index (χ4v) is 2.26. The Kier molecular flexibility index (Phi) is 5.81.